The molecule has 0 aromatic heterocycles. The molecule has 0 spiro atoms. The summed E-state index contributed by atoms with van der Waals surface area (Å²) in [5.41, 5.74) is 7.50. The second-order valence-corrected chi connectivity index (χ2v) is 5.59. The number of benzene rings is 2. The number of aryl methyl sites for hydroxylation is 4. The van der Waals surface area contributed by atoms with Gasteiger partial charge in [-0.05, 0) is 51.0 Å². The minimum atomic E-state index is 0.738. The van der Waals surface area contributed by atoms with Crippen LogP contribution in [0.4, 0.5) is 11.4 Å². The summed E-state index contributed by atoms with van der Waals surface area (Å²) < 4.78 is 0. The van der Waals surface area contributed by atoms with Gasteiger partial charge in [-0.25, -0.2) is 0 Å². The lowest BCUT2D eigenvalue weighted by molar-refractivity contribution is 0.778. The topological polar surface area (TPSA) is 36.1 Å². The lowest BCUT2D eigenvalue weighted by atomic mass is 10.1. The highest BCUT2D eigenvalue weighted by molar-refractivity contribution is 5.52. The number of hydrogen-bond acceptors (Lipinski definition) is 3. The van der Waals surface area contributed by atoms with Gasteiger partial charge in [-0.15, -0.1) is 0 Å². The maximum atomic E-state index is 3.40. The zero-order chi connectivity index (χ0) is 15.2. The number of anilines is 2. The van der Waals surface area contributed by atoms with Gasteiger partial charge in [-0.3, -0.25) is 5.32 Å². The van der Waals surface area contributed by atoms with Crippen molar-refractivity contribution in [2.24, 2.45) is 0 Å². The van der Waals surface area contributed by atoms with E-state index in [1.54, 1.807) is 0 Å². The summed E-state index contributed by atoms with van der Waals surface area (Å²) in [6.07, 6.45) is 0. The van der Waals surface area contributed by atoms with Gasteiger partial charge in [-0.1, -0.05) is 35.4 Å². The van der Waals surface area contributed by atoms with Gasteiger partial charge >= 0.3 is 0 Å². The summed E-state index contributed by atoms with van der Waals surface area (Å²) in [7, 11) is 0. The van der Waals surface area contributed by atoms with Crippen LogP contribution in [0, 0.1) is 27.7 Å². The van der Waals surface area contributed by atoms with Gasteiger partial charge in [0.15, 0.2) is 0 Å². The van der Waals surface area contributed by atoms with E-state index in [-0.39, 0.29) is 0 Å². The molecule has 21 heavy (non-hydrogen) atoms. The first-order valence-electron chi connectivity index (χ1n) is 7.39. The van der Waals surface area contributed by atoms with E-state index < -0.39 is 0 Å². The fraction of sp³-hybridized carbons (Fsp3) is 0.333. The summed E-state index contributed by atoms with van der Waals surface area (Å²) in [6.45, 7) is 9.96. The predicted octanol–water partition coefficient (Wildman–Crippen LogP) is 3.95. The van der Waals surface area contributed by atoms with Crippen LogP contribution in [0.25, 0.3) is 0 Å². The fourth-order valence-electron chi connectivity index (χ4n) is 2.40. The molecule has 0 fully saturated rings. The number of nitrogens with one attached hydrogen (secondary N) is 3. The minimum absolute atomic E-state index is 0.738. The molecule has 0 bridgehead atoms. The average molecular weight is 283 g/mol. The van der Waals surface area contributed by atoms with Crippen LogP contribution in [0.1, 0.15) is 22.3 Å². The monoisotopic (exact) mass is 283 g/mol. The molecule has 3 N–H and O–H groups in total. The molecule has 0 saturated carbocycles. The van der Waals surface area contributed by atoms with E-state index in [4.69, 9.17) is 0 Å². The zero-order valence-corrected chi connectivity index (χ0v) is 13.4. The molecule has 0 aliphatic rings. The van der Waals surface area contributed by atoms with Crippen molar-refractivity contribution >= 4 is 11.4 Å². The van der Waals surface area contributed by atoms with Crippen molar-refractivity contribution < 1.29 is 0 Å². The van der Waals surface area contributed by atoms with Crippen LogP contribution in [0.15, 0.2) is 36.4 Å². The molecule has 0 atom stereocenters. The first-order chi connectivity index (χ1) is 10.1. The highest BCUT2D eigenvalue weighted by Crippen LogP contribution is 2.16. The summed E-state index contributed by atoms with van der Waals surface area (Å²) in [6, 6.07) is 12.9. The number of rotatable bonds is 6. The fourth-order valence-corrected chi connectivity index (χ4v) is 2.40. The first kappa shape index (κ1) is 15.4. The van der Waals surface area contributed by atoms with Crippen molar-refractivity contribution in [1.29, 1.82) is 0 Å². The Morgan fingerprint density at radius 1 is 0.667 bits per heavy atom. The van der Waals surface area contributed by atoms with Crippen LogP contribution in [0.3, 0.4) is 0 Å². The van der Waals surface area contributed by atoms with Gasteiger partial charge in [-0.2, -0.15) is 0 Å². The molecule has 2 aromatic rings. The van der Waals surface area contributed by atoms with E-state index >= 15 is 0 Å². The summed E-state index contributed by atoms with van der Waals surface area (Å²) in [5.74, 6) is 0. The molecule has 0 unspecified atom stereocenters. The van der Waals surface area contributed by atoms with Crippen molar-refractivity contribution in [1.82, 2.24) is 5.32 Å². The van der Waals surface area contributed by atoms with Crippen LogP contribution < -0.4 is 16.0 Å². The van der Waals surface area contributed by atoms with Gasteiger partial charge in [0.2, 0.25) is 0 Å². The molecule has 0 radical (unpaired) electrons. The Bertz CT molecular complexity index is 552. The molecule has 0 amide bonds. The summed E-state index contributed by atoms with van der Waals surface area (Å²) in [4.78, 5) is 0. The second-order valence-electron chi connectivity index (χ2n) is 5.59. The molecule has 0 heterocycles. The van der Waals surface area contributed by atoms with E-state index in [0.717, 1.165) is 13.3 Å². The summed E-state index contributed by atoms with van der Waals surface area (Å²) >= 11 is 0. The lowest BCUT2D eigenvalue weighted by Gasteiger charge is -2.13. The van der Waals surface area contributed by atoms with Crippen molar-refractivity contribution in [2.75, 3.05) is 24.0 Å². The molecule has 112 valence electrons. The molecule has 2 aromatic carbocycles. The Morgan fingerprint density at radius 2 is 1.10 bits per heavy atom. The molecular formula is C18H25N3. The first-order valence-corrected chi connectivity index (χ1v) is 7.39. The van der Waals surface area contributed by atoms with Gasteiger partial charge in [0.1, 0.15) is 0 Å². The lowest BCUT2D eigenvalue weighted by Crippen LogP contribution is -2.27. The normalized spacial score (nSPS) is 10.5. The van der Waals surface area contributed by atoms with Gasteiger partial charge in [0, 0.05) is 11.4 Å². The smallest absolute Gasteiger partial charge is 0.0666 e. The largest absolute Gasteiger partial charge is 0.372 e. The maximum absolute atomic E-state index is 3.40. The Morgan fingerprint density at radius 3 is 1.48 bits per heavy atom. The van der Waals surface area contributed by atoms with Crippen molar-refractivity contribution in [3.8, 4) is 0 Å². The highest BCUT2D eigenvalue weighted by atomic mass is 15.1. The Kier molecular flexibility index (Phi) is 5.23. The van der Waals surface area contributed by atoms with Crippen molar-refractivity contribution in [3.63, 3.8) is 0 Å². The quantitative estimate of drug-likeness (QED) is 0.555. The molecule has 0 aliphatic carbocycles. The van der Waals surface area contributed by atoms with E-state index in [0.29, 0.717) is 0 Å². The van der Waals surface area contributed by atoms with Crippen molar-refractivity contribution in [3.05, 3.63) is 58.7 Å². The van der Waals surface area contributed by atoms with Gasteiger partial charge in [0.05, 0.1) is 13.3 Å². The van der Waals surface area contributed by atoms with Gasteiger partial charge in [0.25, 0.3) is 0 Å². The molecule has 3 heteroatoms. The van der Waals surface area contributed by atoms with Crippen LogP contribution in [-0.4, -0.2) is 13.3 Å². The number of hydrogen-bond donors (Lipinski definition) is 3. The van der Waals surface area contributed by atoms with E-state index in [1.807, 2.05) is 0 Å². The van der Waals surface area contributed by atoms with Crippen LogP contribution >= 0.6 is 0 Å². The Balaban J connectivity index is 1.75. The standard InChI is InChI=1S/C18H25N3/c1-13-5-7-17(15(3)9-13)20-11-19-12-21-18-8-6-14(2)10-16(18)4/h5-10,19-21H,11-12H2,1-4H3. The molecule has 3 nitrogen and oxygen atoms in total. The third-order valence-electron chi connectivity index (χ3n) is 3.57. The molecule has 2 rings (SSSR count). The average Bonchev–Trinajstić information content (AvgIpc) is 2.42. The second kappa shape index (κ2) is 7.14. The van der Waals surface area contributed by atoms with E-state index in [2.05, 4.69) is 80.0 Å². The van der Waals surface area contributed by atoms with Crippen LogP contribution in [0.2, 0.25) is 0 Å². The minimum Gasteiger partial charge on any atom is -0.372 e. The van der Waals surface area contributed by atoms with E-state index in [1.165, 1.54) is 33.6 Å². The molecule has 0 saturated heterocycles. The van der Waals surface area contributed by atoms with Gasteiger partial charge < -0.3 is 10.6 Å². The Labute approximate surface area is 127 Å². The van der Waals surface area contributed by atoms with Crippen molar-refractivity contribution in [2.45, 2.75) is 27.7 Å². The van der Waals surface area contributed by atoms with Crippen LogP contribution in [-0.2, 0) is 0 Å². The highest BCUT2D eigenvalue weighted by Gasteiger charge is 1.98. The third kappa shape index (κ3) is 4.50. The summed E-state index contributed by atoms with van der Waals surface area (Å²) in [5, 5.41) is 10.1. The third-order valence-corrected chi connectivity index (χ3v) is 3.57. The predicted molar refractivity (Wildman–Crippen MR) is 91.9 cm³/mol. The zero-order valence-electron chi connectivity index (χ0n) is 13.4. The molecule has 0 aliphatic heterocycles. The SMILES string of the molecule is Cc1ccc(NCNCNc2ccc(C)cc2C)c(C)c1. The van der Waals surface area contributed by atoms with E-state index in [9.17, 15) is 0 Å². The van der Waals surface area contributed by atoms with Crippen LogP contribution in [0.5, 0.6) is 0 Å². The Hall–Kier alpha value is -2.00. The maximum Gasteiger partial charge on any atom is 0.0666 e. The molecular weight excluding hydrogens is 258 g/mol.